The molecule has 3 heteroatoms. The Hall–Kier alpha value is -1.90. The minimum absolute atomic E-state index is 0.900. The molecule has 2 aromatic rings. The largest absolute Gasteiger partial charge is 0.339 e. The summed E-state index contributed by atoms with van der Waals surface area (Å²) in [6, 6.07) is 10.2. The van der Waals surface area contributed by atoms with Gasteiger partial charge < -0.3 is 4.90 Å². The molecule has 0 amide bonds. The molecular formula is C12H13N3. The van der Waals surface area contributed by atoms with E-state index in [-0.39, 0.29) is 0 Å². The van der Waals surface area contributed by atoms with Gasteiger partial charge in [0.2, 0.25) is 0 Å². The van der Waals surface area contributed by atoms with Gasteiger partial charge in [-0.25, -0.2) is 9.97 Å². The van der Waals surface area contributed by atoms with Gasteiger partial charge in [0.15, 0.2) is 0 Å². The van der Waals surface area contributed by atoms with Crippen LogP contribution < -0.4 is 4.90 Å². The molecule has 0 unspecified atom stereocenters. The summed E-state index contributed by atoms with van der Waals surface area (Å²) in [4.78, 5) is 10.2. The van der Waals surface area contributed by atoms with E-state index in [1.807, 2.05) is 30.6 Å². The fourth-order valence-corrected chi connectivity index (χ4v) is 1.55. The van der Waals surface area contributed by atoms with Gasteiger partial charge in [-0.1, -0.05) is 18.2 Å². The summed E-state index contributed by atoms with van der Waals surface area (Å²) < 4.78 is 0. The maximum absolute atomic E-state index is 4.03. The van der Waals surface area contributed by atoms with Crippen molar-refractivity contribution in [2.45, 2.75) is 6.92 Å². The number of rotatable bonds is 3. The quantitative estimate of drug-likeness (QED) is 0.761. The summed E-state index contributed by atoms with van der Waals surface area (Å²) in [5.41, 5.74) is 2.18. The van der Waals surface area contributed by atoms with Gasteiger partial charge in [-0.3, -0.25) is 0 Å². The average molecular weight is 199 g/mol. The highest BCUT2D eigenvalue weighted by molar-refractivity contribution is 5.61. The van der Waals surface area contributed by atoms with Crippen LogP contribution in [0.5, 0.6) is 0 Å². The second-order valence-electron chi connectivity index (χ2n) is 3.18. The third-order valence-corrected chi connectivity index (χ3v) is 2.24. The Bertz CT molecular complexity index is 360. The van der Waals surface area contributed by atoms with Gasteiger partial charge in [0.25, 0.3) is 0 Å². The van der Waals surface area contributed by atoms with E-state index >= 15 is 0 Å². The molecule has 0 spiro atoms. The van der Waals surface area contributed by atoms with Crippen LogP contribution in [0.1, 0.15) is 6.92 Å². The standard InChI is InChI=1S/C12H13N3/c1-2-15(11-6-4-3-5-7-11)12-8-13-10-14-9-12/h3-10H,2H2,1H3. The summed E-state index contributed by atoms with van der Waals surface area (Å²) in [6.07, 6.45) is 5.19. The van der Waals surface area contributed by atoms with Crippen molar-refractivity contribution in [3.63, 3.8) is 0 Å². The van der Waals surface area contributed by atoms with E-state index in [0.29, 0.717) is 0 Å². The molecule has 1 aromatic carbocycles. The Morgan fingerprint density at radius 3 is 2.27 bits per heavy atom. The predicted molar refractivity (Wildman–Crippen MR) is 61.2 cm³/mol. The Morgan fingerprint density at radius 2 is 1.67 bits per heavy atom. The van der Waals surface area contributed by atoms with Crippen molar-refractivity contribution in [3.05, 3.63) is 49.1 Å². The molecule has 1 aromatic heterocycles. The lowest BCUT2D eigenvalue weighted by Crippen LogP contribution is -2.16. The van der Waals surface area contributed by atoms with E-state index in [0.717, 1.165) is 17.9 Å². The Morgan fingerprint density at radius 1 is 1.00 bits per heavy atom. The number of benzene rings is 1. The van der Waals surface area contributed by atoms with Crippen LogP contribution in [-0.2, 0) is 0 Å². The highest BCUT2D eigenvalue weighted by Crippen LogP contribution is 2.22. The number of para-hydroxylation sites is 1. The predicted octanol–water partition coefficient (Wildman–Crippen LogP) is 2.63. The van der Waals surface area contributed by atoms with Gasteiger partial charge >= 0.3 is 0 Å². The fourth-order valence-electron chi connectivity index (χ4n) is 1.55. The van der Waals surface area contributed by atoms with Crippen molar-refractivity contribution in [2.75, 3.05) is 11.4 Å². The van der Waals surface area contributed by atoms with Crippen LogP contribution in [0.2, 0.25) is 0 Å². The first kappa shape index (κ1) is 9.65. The molecule has 0 atom stereocenters. The maximum atomic E-state index is 4.03. The van der Waals surface area contributed by atoms with Crippen LogP contribution in [0.3, 0.4) is 0 Å². The SMILES string of the molecule is CCN(c1ccccc1)c1cncnc1. The van der Waals surface area contributed by atoms with E-state index in [2.05, 4.69) is 33.9 Å². The number of hydrogen-bond acceptors (Lipinski definition) is 3. The molecule has 0 bridgehead atoms. The number of hydrogen-bond donors (Lipinski definition) is 0. The molecule has 0 N–H and O–H groups in total. The van der Waals surface area contributed by atoms with E-state index in [1.54, 1.807) is 6.33 Å². The van der Waals surface area contributed by atoms with Crippen LogP contribution in [-0.4, -0.2) is 16.5 Å². The molecule has 15 heavy (non-hydrogen) atoms. The average Bonchev–Trinajstić information content (AvgIpc) is 2.33. The zero-order valence-electron chi connectivity index (χ0n) is 8.67. The summed E-state index contributed by atoms with van der Waals surface area (Å²) in [5, 5.41) is 0. The van der Waals surface area contributed by atoms with Crippen molar-refractivity contribution < 1.29 is 0 Å². The zero-order valence-corrected chi connectivity index (χ0v) is 8.67. The van der Waals surface area contributed by atoms with Gasteiger partial charge in [0.1, 0.15) is 6.33 Å². The van der Waals surface area contributed by atoms with E-state index in [4.69, 9.17) is 0 Å². The van der Waals surface area contributed by atoms with E-state index in [1.165, 1.54) is 0 Å². The molecule has 0 aliphatic heterocycles. The molecule has 0 saturated heterocycles. The molecule has 3 nitrogen and oxygen atoms in total. The van der Waals surface area contributed by atoms with Crippen LogP contribution in [0.25, 0.3) is 0 Å². The normalized spacial score (nSPS) is 9.93. The van der Waals surface area contributed by atoms with E-state index < -0.39 is 0 Å². The monoisotopic (exact) mass is 199 g/mol. The Balaban J connectivity index is 2.34. The lowest BCUT2D eigenvalue weighted by Gasteiger charge is -2.22. The lowest BCUT2D eigenvalue weighted by molar-refractivity contribution is 0.998. The highest BCUT2D eigenvalue weighted by atomic mass is 15.1. The van der Waals surface area contributed by atoms with Gasteiger partial charge in [0, 0.05) is 12.2 Å². The maximum Gasteiger partial charge on any atom is 0.115 e. The molecule has 76 valence electrons. The topological polar surface area (TPSA) is 29.0 Å². The van der Waals surface area contributed by atoms with Gasteiger partial charge in [-0.05, 0) is 19.1 Å². The zero-order chi connectivity index (χ0) is 10.5. The van der Waals surface area contributed by atoms with Crippen LogP contribution >= 0.6 is 0 Å². The molecule has 2 rings (SSSR count). The first-order chi connectivity index (χ1) is 7.42. The second-order valence-corrected chi connectivity index (χ2v) is 3.18. The van der Waals surface area contributed by atoms with Crippen molar-refractivity contribution in [3.8, 4) is 0 Å². The molecule has 0 aliphatic rings. The first-order valence-corrected chi connectivity index (χ1v) is 4.99. The summed E-state index contributed by atoms with van der Waals surface area (Å²) in [5.74, 6) is 0. The minimum Gasteiger partial charge on any atom is -0.339 e. The third kappa shape index (κ3) is 2.13. The fraction of sp³-hybridized carbons (Fsp3) is 0.167. The Kier molecular flexibility index (Phi) is 2.93. The van der Waals surface area contributed by atoms with Crippen molar-refractivity contribution >= 4 is 11.4 Å². The molecule has 0 saturated carbocycles. The number of nitrogens with zero attached hydrogens (tertiary/aromatic N) is 3. The van der Waals surface area contributed by atoms with Gasteiger partial charge in [-0.15, -0.1) is 0 Å². The third-order valence-electron chi connectivity index (χ3n) is 2.24. The summed E-state index contributed by atoms with van der Waals surface area (Å²) in [6.45, 7) is 3.01. The van der Waals surface area contributed by atoms with Gasteiger partial charge in [0.05, 0.1) is 18.1 Å². The van der Waals surface area contributed by atoms with Crippen LogP contribution in [0, 0.1) is 0 Å². The summed E-state index contributed by atoms with van der Waals surface area (Å²) in [7, 11) is 0. The molecule has 0 aliphatic carbocycles. The van der Waals surface area contributed by atoms with Gasteiger partial charge in [-0.2, -0.15) is 0 Å². The lowest BCUT2D eigenvalue weighted by atomic mass is 10.2. The molecule has 0 fully saturated rings. The van der Waals surface area contributed by atoms with Crippen LogP contribution in [0.15, 0.2) is 49.1 Å². The van der Waals surface area contributed by atoms with Crippen LogP contribution in [0.4, 0.5) is 11.4 Å². The molecule has 1 heterocycles. The number of aromatic nitrogens is 2. The number of anilines is 2. The molecule has 0 radical (unpaired) electrons. The molecular weight excluding hydrogens is 186 g/mol. The Labute approximate surface area is 89.4 Å². The van der Waals surface area contributed by atoms with E-state index in [9.17, 15) is 0 Å². The minimum atomic E-state index is 0.900. The van der Waals surface area contributed by atoms with Crippen molar-refractivity contribution in [2.24, 2.45) is 0 Å². The smallest absolute Gasteiger partial charge is 0.115 e. The second kappa shape index (κ2) is 4.55. The first-order valence-electron chi connectivity index (χ1n) is 4.99. The van der Waals surface area contributed by atoms with Crippen molar-refractivity contribution in [1.29, 1.82) is 0 Å². The van der Waals surface area contributed by atoms with Crippen molar-refractivity contribution in [1.82, 2.24) is 9.97 Å². The summed E-state index contributed by atoms with van der Waals surface area (Å²) >= 11 is 0. The highest BCUT2D eigenvalue weighted by Gasteiger charge is 2.05.